The molecule has 0 spiro atoms. The first kappa shape index (κ1) is 17.9. The van der Waals surface area contributed by atoms with Gasteiger partial charge in [0.15, 0.2) is 0 Å². The summed E-state index contributed by atoms with van der Waals surface area (Å²) in [7, 11) is 0. The second-order valence-electron chi connectivity index (χ2n) is 7.77. The van der Waals surface area contributed by atoms with Crippen LogP contribution in [0, 0.1) is 17.3 Å². The molecule has 2 fully saturated rings. The number of rotatable bonds is 4. The Kier molecular flexibility index (Phi) is 4.87. The Morgan fingerprint density at radius 3 is 2.88 bits per heavy atom. The minimum Gasteiger partial charge on any atom is -0.478 e. The highest BCUT2D eigenvalue weighted by atomic mass is 16.8. The molecule has 3 rings (SSSR count). The Labute approximate surface area is 148 Å². The normalized spacial score (nSPS) is 37.9. The highest BCUT2D eigenvalue weighted by Crippen LogP contribution is 2.46. The van der Waals surface area contributed by atoms with Gasteiger partial charge in [0.25, 0.3) is 0 Å². The second kappa shape index (κ2) is 6.79. The van der Waals surface area contributed by atoms with Crippen molar-refractivity contribution in [1.29, 1.82) is 0 Å². The summed E-state index contributed by atoms with van der Waals surface area (Å²) in [6.45, 7) is 8.40. The third kappa shape index (κ3) is 3.71. The Hall–Kier alpha value is -1.88. The molecule has 0 aromatic rings. The van der Waals surface area contributed by atoms with Crippen LogP contribution in [0.2, 0.25) is 0 Å². The second-order valence-corrected chi connectivity index (χ2v) is 7.77. The van der Waals surface area contributed by atoms with Crippen molar-refractivity contribution in [2.75, 3.05) is 0 Å². The molecule has 2 saturated heterocycles. The fraction of sp³-hybridized carbons (Fsp3) is 0.600. The Balaban J connectivity index is 1.70. The number of carboxylic acids is 1. The minimum atomic E-state index is -0.927. The summed E-state index contributed by atoms with van der Waals surface area (Å²) in [6, 6.07) is 0. The summed E-state index contributed by atoms with van der Waals surface area (Å²) >= 11 is 0. The van der Waals surface area contributed by atoms with Crippen molar-refractivity contribution in [2.45, 2.75) is 58.3 Å². The lowest BCUT2D eigenvalue weighted by atomic mass is 9.68. The lowest BCUT2D eigenvalue weighted by molar-refractivity contribution is -0.152. The number of epoxide rings is 1. The van der Waals surface area contributed by atoms with Gasteiger partial charge in [-0.3, -0.25) is 4.79 Å². The fourth-order valence-electron chi connectivity index (χ4n) is 3.86. The van der Waals surface area contributed by atoms with E-state index in [1.54, 1.807) is 6.08 Å². The molecule has 0 radical (unpaired) electrons. The lowest BCUT2D eigenvalue weighted by Gasteiger charge is -2.36. The zero-order chi connectivity index (χ0) is 18.2. The predicted octanol–water partition coefficient (Wildman–Crippen LogP) is 3.61. The lowest BCUT2D eigenvalue weighted by Crippen LogP contribution is -2.28. The number of hydrogen-bond donors (Lipinski definition) is 1. The molecule has 0 aromatic heterocycles. The first-order valence-corrected chi connectivity index (χ1v) is 8.96. The van der Waals surface area contributed by atoms with Crippen LogP contribution in [0.4, 0.5) is 0 Å². The van der Waals surface area contributed by atoms with Crippen molar-refractivity contribution >= 4 is 11.9 Å². The zero-order valence-corrected chi connectivity index (χ0v) is 14.9. The average Bonchev–Trinajstić information content (AvgIpc) is 3.23. The van der Waals surface area contributed by atoms with Gasteiger partial charge >= 0.3 is 11.9 Å². The summed E-state index contributed by atoms with van der Waals surface area (Å²) in [5.74, 6) is -0.808. The van der Waals surface area contributed by atoms with Crippen LogP contribution in [-0.4, -0.2) is 29.4 Å². The number of carbonyl (C=O) groups excluding carboxylic acids is 1. The molecule has 0 aromatic carbocycles. The third-order valence-electron chi connectivity index (χ3n) is 6.10. The first-order valence-electron chi connectivity index (χ1n) is 8.96. The van der Waals surface area contributed by atoms with Crippen molar-refractivity contribution < 1.29 is 24.2 Å². The smallest absolute Gasteiger partial charge is 0.335 e. The van der Waals surface area contributed by atoms with E-state index in [4.69, 9.17) is 9.47 Å². The SMILES string of the molecule is C=C1CCC(C)C(C)(CCC2C(=O)OC3OC32)CC=CC=C1C(=O)O. The van der Waals surface area contributed by atoms with Gasteiger partial charge in [0.1, 0.15) is 6.10 Å². The van der Waals surface area contributed by atoms with Crippen LogP contribution in [0.25, 0.3) is 0 Å². The summed E-state index contributed by atoms with van der Waals surface area (Å²) < 4.78 is 10.5. The molecule has 136 valence electrons. The Bertz CT molecular complexity index is 646. The van der Waals surface area contributed by atoms with Crippen molar-refractivity contribution in [3.8, 4) is 0 Å². The van der Waals surface area contributed by atoms with E-state index in [2.05, 4.69) is 20.4 Å². The number of fused-ring (bicyclic) bond motifs is 1. The molecule has 2 aliphatic heterocycles. The molecule has 5 atom stereocenters. The number of aliphatic carboxylic acids is 1. The monoisotopic (exact) mass is 346 g/mol. The van der Waals surface area contributed by atoms with Crippen molar-refractivity contribution in [3.63, 3.8) is 0 Å². The van der Waals surface area contributed by atoms with Crippen LogP contribution in [0.3, 0.4) is 0 Å². The van der Waals surface area contributed by atoms with Gasteiger partial charge < -0.3 is 14.6 Å². The van der Waals surface area contributed by atoms with Gasteiger partial charge in [-0.15, -0.1) is 0 Å². The molecule has 1 aliphatic carbocycles. The predicted molar refractivity (Wildman–Crippen MR) is 92.6 cm³/mol. The summed E-state index contributed by atoms with van der Waals surface area (Å²) in [5.41, 5.74) is 0.998. The summed E-state index contributed by atoms with van der Waals surface area (Å²) in [5, 5.41) is 9.30. The summed E-state index contributed by atoms with van der Waals surface area (Å²) in [6.07, 6.45) is 9.22. The highest BCUT2D eigenvalue weighted by molar-refractivity contribution is 5.91. The van der Waals surface area contributed by atoms with Gasteiger partial charge in [-0.05, 0) is 55.1 Å². The number of hydrogen-bond acceptors (Lipinski definition) is 4. The third-order valence-corrected chi connectivity index (χ3v) is 6.10. The maximum absolute atomic E-state index is 11.8. The van der Waals surface area contributed by atoms with Crippen molar-refractivity contribution in [3.05, 3.63) is 36.0 Å². The van der Waals surface area contributed by atoms with Crippen LogP contribution in [0.1, 0.15) is 46.0 Å². The van der Waals surface area contributed by atoms with Gasteiger partial charge in [-0.1, -0.05) is 32.6 Å². The maximum atomic E-state index is 11.8. The van der Waals surface area contributed by atoms with Crippen LogP contribution in [0.5, 0.6) is 0 Å². The summed E-state index contributed by atoms with van der Waals surface area (Å²) in [4.78, 5) is 23.2. The van der Waals surface area contributed by atoms with Gasteiger partial charge in [0.2, 0.25) is 6.29 Å². The standard InChI is InChI=1S/C20H26O5/c1-12-7-8-13(2)20(3,10-5-4-6-14(12)17(21)22)11-9-15-16-19(24-16)25-18(15)23/h4-6,13,15-16,19H,1,7-11H2,2-3H3,(H,21,22). The molecular formula is C20H26O5. The molecule has 5 nitrogen and oxygen atoms in total. The molecule has 0 bridgehead atoms. The van der Waals surface area contributed by atoms with E-state index in [0.717, 1.165) is 25.7 Å². The topological polar surface area (TPSA) is 76.1 Å². The molecule has 0 amide bonds. The maximum Gasteiger partial charge on any atom is 0.335 e. The van der Waals surface area contributed by atoms with Crippen LogP contribution >= 0.6 is 0 Å². The van der Waals surface area contributed by atoms with Crippen LogP contribution < -0.4 is 0 Å². The van der Waals surface area contributed by atoms with E-state index in [1.165, 1.54) is 0 Å². The Morgan fingerprint density at radius 2 is 2.24 bits per heavy atom. The van der Waals surface area contributed by atoms with Gasteiger partial charge in [0, 0.05) is 0 Å². The first-order chi connectivity index (χ1) is 11.8. The number of carbonyl (C=O) groups is 2. The van der Waals surface area contributed by atoms with Crippen LogP contribution in [-0.2, 0) is 19.1 Å². The van der Waals surface area contributed by atoms with E-state index >= 15 is 0 Å². The van der Waals surface area contributed by atoms with E-state index in [1.807, 2.05) is 12.2 Å². The number of allylic oxidation sites excluding steroid dienone is 3. The molecule has 2 heterocycles. The molecule has 3 aliphatic rings. The van der Waals surface area contributed by atoms with Gasteiger partial charge in [0.05, 0.1) is 11.5 Å². The quantitative estimate of drug-likeness (QED) is 0.621. The van der Waals surface area contributed by atoms with E-state index in [0.29, 0.717) is 17.9 Å². The Morgan fingerprint density at radius 1 is 1.48 bits per heavy atom. The van der Waals surface area contributed by atoms with Crippen molar-refractivity contribution in [1.82, 2.24) is 0 Å². The fourth-order valence-corrected chi connectivity index (χ4v) is 3.86. The molecule has 5 heteroatoms. The number of carboxylic acid groups (broad SMARTS) is 1. The van der Waals surface area contributed by atoms with E-state index < -0.39 is 5.97 Å². The number of esters is 1. The largest absolute Gasteiger partial charge is 0.478 e. The van der Waals surface area contributed by atoms with Gasteiger partial charge in [-0.25, -0.2) is 4.79 Å². The van der Waals surface area contributed by atoms with Gasteiger partial charge in [-0.2, -0.15) is 0 Å². The highest BCUT2D eigenvalue weighted by Gasteiger charge is 2.58. The molecule has 1 N–H and O–H groups in total. The van der Waals surface area contributed by atoms with E-state index in [-0.39, 0.29) is 35.3 Å². The molecule has 5 unspecified atom stereocenters. The van der Waals surface area contributed by atoms with Crippen molar-refractivity contribution in [2.24, 2.45) is 17.3 Å². The average molecular weight is 346 g/mol. The minimum absolute atomic E-state index is 0.0395. The zero-order valence-electron chi connectivity index (χ0n) is 14.9. The molecule has 0 saturated carbocycles. The van der Waals surface area contributed by atoms with Crippen LogP contribution in [0.15, 0.2) is 36.0 Å². The van der Waals surface area contributed by atoms with E-state index in [9.17, 15) is 14.7 Å². The number of ether oxygens (including phenoxy) is 2. The molecule has 25 heavy (non-hydrogen) atoms. The molecular weight excluding hydrogens is 320 g/mol.